The number of nitrogens with zero attached hydrogens (tertiary/aromatic N) is 1. The summed E-state index contributed by atoms with van der Waals surface area (Å²) in [5.41, 5.74) is 0.301. The number of carbonyl (C=O) groups excluding carboxylic acids is 1. The molecule has 0 aliphatic carbocycles. The van der Waals surface area contributed by atoms with E-state index >= 15 is 0 Å². The maximum Gasteiger partial charge on any atom is 0.231 e. The molecule has 2 fully saturated rings. The molecule has 2 atom stereocenters. The number of aliphatic hydroxyl groups excluding tert-OH is 1. The van der Waals surface area contributed by atoms with Crippen molar-refractivity contribution in [2.45, 2.75) is 31.9 Å². The summed E-state index contributed by atoms with van der Waals surface area (Å²) in [7, 11) is 1.64. The Morgan fingerprint density at radius 1 is 1.40 bits per heavy atom. The number of carbonyl (C=O) groups is 1. The van der Waals surface area contributed by atoms with Crippen molar-refractivity contribution < 1.29 is 24.1 Å². The van der Waals surface area contributed by atoms with Crippen LogP contribution in [0, 0.1) is 5.41 Å². The van der Waals surface area contributed by atoms with E-state index in [4.69, 9.17) is 14.2 Å². The van der Waals surface area contributed by atoms with Gasteiger partial charge in [0, 0.05) is 37.8 Å². The molecule has 0 bridgehead atoms. The Kier molecular flexibility index (Phi) is 4.21. The van der Waals surface area contributed by atoms with Crippen LogP contribution in [-0.4, -0.2) is 55.6 Å². The van der Waals surface area contributed by atoms with Crippen LogP contribution in [0.25, 0.3) is 0 Å². The first-order valence-corrected chi connectivity index (χ1v) is 8.77. The normalized spacial score (nSPS) is 28.9. The standard InChI is InChI=1S/C18H24N2O5/c1-23-13-8-15-14(24-11-25-15)7-12(13)9-20-6-3-16(21)18(10-20)4-2-5-19-17(18)22/h7-8,16,21H,2-6,9-11H2,1H3,(H,19,22)/t16-,18+/m0/s1. The van der Waals surface area contributed by atoms with Crippen molar-refractivity contribution in [2.75, 3.05) is 33.5 Å². The molecular formula is C18H24N2O5. The Hall–Kier alpha value is -1.99. The van der Waals surface area contributed by atoms with Crippen molar-refractivity contribution in [3.8, 4) is 17.2 Å². The van der Waals surface area contributed by atoms with Gasteiger partial charge in [0.25, 0.3) is 0 Å². The van der Waals surface area contributed by atoms with Gasteiger partial charge in [-0.25, -0.2) is 0 Å². The third-order valence-corrected chi connectivity index (χ3v) is 5.57. The van der Waals surface area contributed by atoms with Gasteiger partial charge in [-0.05, 0) is 25.3 Å². The Labute approximate surface area is 146 Å². The highest BCUT2D eigenvalue weighted by Gasteiger charge is 2.49. The zero-order valence-corrected chi connectivity index (χ0v) is 14.4. The van der Waals surface area contributed by atoms with Gasteiger partial charge in [0.15, 0.2) is 11.5 Å². The maximum atomic E-state index is 12.5. The van der Waals surface area contributed by atoms with Gasteiger partial charge in [-0.1, -0.05) is 0 Å². The molecule has 136 valence electrons. The van der Waals surface area contributed by atoms with E-state index in [-0.39, 0.29) is 12.7 Å². The highest BCUT2D eigenvalue weighted by Crippen LogP contribution is 2.41. The molecule has 1 amide bonds. The zero-order valence-electron chi connectivity index (χ0n) is 14.4. The number of rotatable bonds is 3. The first-order chi connectivity index (χ1) is 12.1. The highest BCUT2D eigenvalue weighted by molar-refractivity contribution is 5.84. The molecule has 2 saturated heterocycles. The summed E-state index contributed by atoms with van der Waals surface area (Å²) in [5.74, 6) is 2.14. The minimum absolute atomic E-state index is 0.0198. The molecule has 2 N–H and O–H groups in total. The van der Waals surface area contributed by atoms with Crippen LogP contribution < -0.4 is 19.5 Å². The van der Waals surface area contributed by atoms with Crippen molar-refractivity contribution >= 4 is 5.91 Å². The van der Waals surface area contributed by atoms with E-state index < -0.39 is 11.5 Å². The zero-order chi connectivity index (χ0) is 17.4. The number of benzene rings is 1. The Bertz CT molecular complexity index is 680. The quantitative estimate of drug-likeness (QED) is 0.844. The van der Waals surface area contributed by atoms with Crippen LogP contribution in [0.15, 0.2) is 12.1 Å². The molecule has 0 aromatic heterocycles. The van der Waals surface area contributed by atoms with E-state index in [1.807, 2.05) is 12.1 Å². The van der Waals surface area contributed by atoms with Crippen molar-refractivity contribution in [1.82, 2.24) is 10.2 Å². The molecule has 0 unspecified atom stereocenters. The monoisotopic (exact) mass is 348 g/mol. The smallest absolute Gasteiger partial charge is 0.231 e. The Morgan fingerprint density at radius 2 is 2.20 bits per heavy atom. The lowest BCUT2D eigenvalue weighted by molar-refractivity contribution is -0.149. The van der Waals surface area contributed by atoms with Crippen LogP contribution in [0.4, 0.5) is 0 Å². The molecule has 0 radical (unpaired) electrons. The largest absolute Gasteiger partial charge is 0.496 e. The minimum Gasteiger partial charge on any atom is -0.496 e. The fourth-order valence-corrected chi connectivity index (χ4v) is 4.18. The number of methoxy groups -OCH3 is 1. The van der Waals surface area contributed by atoms with Gasteiger partial charge in [0.1, 0.15) is 5.75 Å². The molecule has 3 aliphatic rings. The molecule has 7 heteroatoms. The van der Waals surface area contributed by atoms with Crippen LogP contribution in [-0.2, 0) is 11.3 Å². The molecule has 1 aromatic rings. The predicted octanol–water partition coefficient (Wildman–Crippen LogP) is 0.887. The molecule has 0 saturated carbocycles. The number of likely N-dealkylation sites (tertiary alicyclic amines) is 1. The number of nitrogens with one attached hydrogen (secondary N) is 1. The molecule has 1 aromatic carbocycles. The average molecular weight is 348 g/mol. The summed E-state index contributed by atoms with van der Waals surface area (Å²) in [6, 6.07) is 3.79. The van der Waals surface area contributed by atoms with E-state index in [1.54, 1.807) is 7.11 Å². The molecule has 25 heavy (non-hydrogen) atoms. The number of amides is 1. The second-order valence-corrected chi connectivity index (χ2v) is 7.05. The first-order valence-electron chi connectivity index (χ1n) is 8.77. The summed E-state index contributed by atoms with van der Waals surface area (Å²) >= 11 is 0. The van der Waals surface area contributed by atoms with Crippen LogP contribution in [0.1, 0.15) is 24.8 Å². The number of fused-ring (bicyclic) bond motifs is 1. The maximum absolute atomic E-state index is 12.5. The minimum atomic E-state index is -0.694. The number of piperidine rings is 2. The van der Waals surface area contributed by atoms with Gasteiger partial charge < -0.3 is 24.6 Å². The average Bonchev–Trinajstić information content (AvgIpc) is 3.07. The van der Waals surface area contributed by atoms with Gasteiger partial charge in [-0.15, -0.1) is 0 Å². The summed E-state index contributed by atoms with van der Waals surface area (Å²) in [5, 5.41) is 13.4. The van der Waals surface area contributed by atoms with Crippen molar-refractivity contribution in [1.29, 1.82) is 0 Å². The molecule has 3 heterocycles. The predicted molar refractivity (Wildman–Crippen MR) is 89.7 cm³/mol. The molecule has 7 nitrogen and oxygen atoms in total. The van der Waals surface area contributed by atoms with Gasteiger partial charge in [-0.3, -0.25) is 9.69 Å². The topological polar surface area (TPSA) is 80.3 Å². The fourth-order valence-electron chi connectivity index (χ4n) is 4.18. The molecule has 4 rings (SSSR count). The number of hydrogen-bond donors (Lipinski definition) is 2. The lowest BCUT2D eigenvalue weighted by Crippen LogP contribution is -2.61. The van der Waals surface area contributed by atoms with Gasteiger partial charge in [0.2, 0.25) is 12.7 Å². The fraction of sp³-hybridized carbons (Fsp3) is 0.611. The summed E-state index contributed by atoms with van der Waals surface area (Å²) in [6.07, 6.45) is 1.65. The molecule has 1 spiro atoms. The summed E-state index contributed by atoms with van der Waals surface area (Å²) < 4.78 is 16.4. The van der Waals surface area contributed by atoms with Gasteiger partial charge >= 0.3 is 0 Å². The van der Waals surface area contributed by atoms with Gasteiger partial charge in [0.05, 0.1) is 18.6 Å². The van der Waals surface area contributed by atoms with E-state index in [0.29, 0.717) is 31.8 Å². The van der Waals surface area contributed by atoms with Crippen molar-refractivity contribution in [2.24, 2.45) is 5.41 Å². The van der Waals surface area contributed by atoms with Crippen LogP contribution in [0.3, 0.4) is 0 Å². The van der Waals surface area contributed by atoms with Crippen LogP contribution >= 0.6 is 0 Å². The van der Waals surface area contributed by atoms with Crippen molar-refractivity contribution in [3.63, 3.8) is 0 Å². The third-order valence-electron chi connectivity index (χ3n) is 5.57. The van der Waals surface area contributed by atoms with Crippen LogP contribution in [0.2, 0.25) is 0 Å². The molecule has 3 aliphatic heterocycles. The Balaban J connectivity index is 1.56. The SMILES string of the molecule is COc1cc2c(cc1CN1CC[C@H](O)[C@@]3(CCCNC3=O)C1)OCO2. The summed E-state index contributed by atoms with van der Waals surface area (Å²) in [4.78, 5) is 14.7. The molecular weight excluding hydrogens is 324 g/mol. The van der Waals surface area contributed by atoms with E-state index in [1.165, 1.54) is 0 Å². The van der Waals surface area contributed by atoms with E-state index in [2.05, 4.69) is 10.2 Å². The van der Waals surface area contributed by atoms with Crippen LogP contribution in [0.5, 0.6) is 17.2 Å². The number of hydrogen-bond acceptors (Lipinski definition) is 6. The van der Waals surface area contributed by atoms with E-state index in [9.17, 15) is 9.90 Å². The number of aliphatic hydroxyl groups is 1. The summed E-state index contributed by atoms with van der Waals surface area (Å²) in [6.45, 7) is 2.86. The third kappa shape index (κ3) is 2.81. The Morgan fingerprint density at radius 3 is 2.96 bits per heavy atom. The van der Waals surface area contributed by atoms with Gasteiger partial charge in [-0.2, -0.15) is 0 Å². The highest BCUT2D eigenvalue weighted by atomic mass is 16.7. The second kappa shape index (κ2) is 6.38. The van der Waals surface area contributed by atoms with Crippen molar-refractivity contribution in [3.05, 3.63) is 17.7 Å². The van der Waals surface area contributed by atoms with E-state index in [0.717, 1.165) is 36.4 Å². The lowest BCUT2D eigenvalue weighted by Gasteiger charge is -2.47. The number of ether oxygens (including phenoxy) is 3. The second-order valence-electron chi connectivity index (χ2n) is 7.05. The first kappa shape index (κ1) is 16.5. The lowest BCUT2D eigenvalue weighted by atomic mass is 9.71.